The maximum atomic E-state index is 11.6. The van der Waals surface area contributed by atoms with Crippen LogP contribution in [0, 0.1) is 6.92 Å². The Morgan fingerprint density at radius 1 is 1.26 bits per heavy atom. The van der Waals surface area contributed by atoms with Gasteiger partial charge in [-0.05, 0) is 51.5 Å². The molecule has 0 saturated heterocycles. The molecule has 0 aliphatic carbocycles. The molecule has 0 saturated carbocycles. The number of carbonyl (C=O) groups is 1. The highest BCUT2D eigenvalue weighted by Crippen LogP contribution is 2.16. The van der Waals surface area contributed by atoms with Crippen molar-refractivity contribution in [2.75, 3.05) is 36.6 Å². The van der Waals surface area contributed by atoms with Crippen molar-refractivity contribution in [3.63, 3.8) is 0 Å². The Labute approximate surface area is 182 Å². The second kappa shape index (κ2) is 11.4. The van der Waals surface area contributed by atoms with Gasteiger partial charge >= 0.3 is 6.09 Å². The molecule has 10 nitrogen and oxygen atoms in total. The molecule has 10 heteroatoms. The predicted octanol–water partition coefficient (Wildman–Crippen LogP) is 1.84. The summed E-state index contributed by atoms with van der Waals surface area (Å²) in [5, 5.41) is 25.5. The molecule has 0 fully saturated rings. The number of β-amino-alcohol motifs (C(OH)–C–C–N with tert-alkyl or cyclic N) is 1. The highest BCUT2D eigenvalue weighted by molar-refractivity contribution is 5.84. The molecule has 31 heavy (non-hydrogen) atoms. The highest BCUT2D eigenvalue weighted by atomic mass is 16.6. The first-order valence-electron chi connectivity index (χ1n) is 10.1. The van der Waals surface area contributed by atoms with Crippen molar-refractivity contribution in [3.05, 3.63) is 42.0 Å². The normalized spacial score (nSPS) is 12.2. The van der Waals surface area contributed by atoms with Crippen molar-refractivity contribution in [1.82, 2.24) is 15.5 Å². The molecule has 2 rings (SSSR count). The van der Waals surface area contributed by atoms with E-state index in [0.717, 1.165) is 16.3 Å². The van der Waals surface area contributed by atoms with Crippen LogP contribution >= 0.6 is 0 Å². The number of amides is 1. The topological polar surface area (TPSA) is 135 Å². The lowest BCUT2D eigenvalue weighted by molar-refractivity contribution is 0.0993. The zero-order valence-electron chi connectivity index (χ0n) is 18.5. The van der Waals surface area contributed by atoms with Crippen LogP contribution in [0.1, 0.15) is 26.3 Å². The van der Waals surface area contributed by atoms with Gasteiger partial charge in [0.05, 0.1) is 6.61 Å². The third-order valence-corrected chi connectivity index (χ3v) is 4.41. The summed E-state index contributed by atoms with van der Waals surface area (Å²) in [4.78, 5) is 11.6. The van der Waals surface area contributed by atoms with E-state index in [2.05, 4.69) is 20.8 Å². The molecule has 1 amide bonds. The van der Waals surface area contributed by atoms with E-state index in [-0.39, 0.29) is 24.6 Å². The summed E-state index contributed by atoms with van der Waals surface area (Å²) in [5.41, 5.74) is 0.689. The van der Waals surface area contributed by atoms with Gasteiger partial charge in [-0.15, -0.1) is 10.2 Å². The molecule has 1 aromatic heterocycles. The van der Waals surface area contributed by atoms with Gasteiger partial charge < -0.3 is 25.2 Å². The van der Waals surface area contributed by atoms with Crippen molar-refractivity contribution < 1.29 is 19.4 Å². The molecule has 0 bridgehead atoms. The third kappa shape index (κ3) is 8.00. The van der Waals surface area contributed by atoms with Gasteiger partial charge in [-0.3, -0.25) is 0 Å². The Morgan fingerprint density at radius 3 is 2.65 bits per heavy atom. The van der Waals surface area contributed by atoms with Crippen LogP contribution in [0.4, 0.5) is 16.4 Å². The Kier molecular flexibility index (Phi) is 8.98. The van der Waals surface area contributed by atoms with Crippen molar-refractivity contribution in [3.8, 4) is 5.75 Å². The molecular weight excluding hydrogens is 400 g/mol. The number of aryl methyl sites for hydroxylation is 1. The maximum Gasteiger partial charge on any atom is 0.430 e. The number of anilines is 2. The molecular formula is C21H32N6O4. The second-order valence-corrected chi connectivity index (χ2v) is 7.69. The number of rotatable bonds is 11. The summed E-state index contributed by atoms with van der Waals surface area (Å²) >= 11 is 0. The molecule has 5 N–H and O–H groups in total. The van der Waals surface area contributed by atoms with Crippen LogP contribution in [0.2, 0.25) is 0 Å². The van der Waals surface area contributed by atoms with E-state index in [1.165, 1.54) is 0 Å². The molecule has 2 aromatic rings. The minimum absolute atomic E-state index is 0.179. The van der Waals surface area contributed by atoms with E-state index in [0.29, 0.717) is 18.9 Å². The van der Waals surface area contributed by atoms with Gasteiger partial charge in [0.15, 0.2) is 5.82 Å². The van der Waals surface area contributed by atoms with Crippen LogP contribution in [0.25, 0.3) is 0 Å². The first kappa shape index (κ1) is 24.3. The SMILES string of the molecule is CCOC(=O)N(N)c1ccc(NCC(C)(C)NCC(O)COc2ccccc2C)nn1. The smallest absolute Gasteiger partial charge is 0.430 e. The van der Waals surface area contributed by atoms with Crippen LogP contribution in [0.5, 0.6) is 5.75 Å². The molecule has 1 unspecified atom stereocenters. The number of hydrogen-bond acceptors (Lipinski definition) is 9. The van der Waals surface area contributed by atoms with E-state index < -0.39 is 12.2 Å². The van der Waals surface area contributed by atoms with Gasteiger partial charge in [-0.25, -0.2) is 10.6 Å². The monoisotopic (exact) mass is 432 g/mol. The molecule has 0 spiro atoms. The molecule has 0 radical (unpaired) electrons. The van der Waals surface area contributed by atoms with Gasteiger partial charge in [-0.1, -0.05) is 18.2 Å². The first-order valence-corrected chi connectivity index (χ1v) is 10.1. The number of carbonyl (C=O) groups excluding carboxylic acids is 1. The standard InChI is InChI=1S/C21H32N6O4/c1-5-30-20(29)27(22)19-11-10-18(25-26-19)23-14-21(3,4)24-12-16(28)13-31-17-9-7-6-8-15(17)2/h6-11,16,24,28H,5,12-14,22H2,1-4H3,(H,23,25). The van der Waals surface area contributed by atoms with Crippen LogP contribution in [-0.2, 0) is 4.74 Å². The van der Waals surface area contributed by atoms with E-state index >= 15 is 0 Å². The predicted molar refractivity (Wildman–Crippen MR) is 119 cm³/mol. The number of nitrogens with zero attached hydrogens (tertiary/aromatic N) is 3. The number of nitrogens with two attached hydrogens (primary N) is 1. The van der Waals surface area contributed by atoms with Gasteiger partial charge in [0.2, 0.25) is 0 Å². The number of aliphatic hydroxyl groups excluding tert-OH is 1. The van der Waals surface area contributed by atoms with E-state index in [4.69, 9.17) is 15.3 Å². The van der Waals surface area contributed by atoms with Crippen LogP contribution in [0.3, 0.4) is 0 Å². The van der Waals surface area contributed by atoms with E-state index in [1.807, 2.05) is 45.0 Å². The summed E-state index contributed by atoms with van der Waals surface area (Å²) in [7, 11) is 0. The van der Waals surface area contributed by atoms with Gasteiger partial charge in [0.1, 0.15) is 24.3 Å². The Bertz CT molecular complexity index is 831. The summed E-state index contributed by atoms with van der Waals surface area (Å²) < 4.78 is 10.5. The Balaban J connectivity index is 1.76. The summed E-state index contributed by atoms with van der Waals surface area (Å²) in [6.45, 7) is 8.96. The second-order valence-electron chi connectivity index (χ2n) is 7.69. The number of para-hydroxylation sites is 1. The fourth-order valence-electron chi connectivity index (χ4n) is 2.57. The third-order valence-electron chi connectivity index (χ3n) is 4.41. The fraction of sp³-hybridized carbons (Fsp3) is 0.476. The molecule has 0 aliphatic rings. The first-order chi connectivity index (χ1) is 14.7. The summed E-state index contributed by atoms with van der Waals surface area (Å²) in [6, 6.07) is 10.9. The lowest BCUT2D eigenvalue weighted by Crippen LogP contribution is -2.49. The van der Waals surface area contributed by atoms with Crippen molar-refractivity contribution in [2.24, 2.45) is 5.84 Å². The van der Waals surface area contributed by atoms with E-state index in [1.54, 1.807) is 19.1 Å². The number of hydrogen-bond donors (Lipinski definition) is 4. The average Bonchev–Trinajstić information content (AvgIpc) is 2.76. The minimum atomic E-state index is -0.701. The largest absolute Gasteiger partial charge is 0.491 e. The van der Waals surface area contributed by atoms with Crippen LogP contribution in [-0.4, -0.2) is 59.3 Å². The Hall–Kier alpha value is -2.95. The number of benzene rings is 1. The molecule has 1 heterocycles. The van der Waals surface area contributed by atoms with Gasteiger partial charge in [0, 0.05) is 18.6 Å². The van der Waals surface area contributed by atoms with Gasteiger partial charge in [0.25, 0.3) is 0 Å². The van der Waals surface area contributed by atoms with Crippen LogP contribution < -0.4 is 26.2 Å². The zero-order valence-corrected chi connectivity index (χ0v) is 18.5. The minimum Gasteiger partial charge on any atom is -0.491 e. The van der Waals surface area contributed by atoms with Crippen molar-refractivity contribution >= 4 is 17.7 Å². The molecule has 0 aliphatic heterocycles. The molecule has 170 valence electrons. The molecule has 1 aromatic carbocycles. The number of aliphatic hydroxyl groups is 1. The lowest BCUT2D eigenvalue weighted by Gasteiger charge is -2.28. The van der Waals surface area contributed by atoms with Crippen molar-refractivity contribution in [2.45, 2.75) is 39.3 Å². The maximum absolute atomic E-state index is 11.6. The number of nitrogens with one attached hydrogen (secondary N) is 2. The summed E-state index contributed by atoms with van der Waals surface area (Å²) in [5.74, 6) is 7.12. The van der Waals surface area contributed by atoms with E-state index in [9.17, 15) is 9.90 Å². The number of ether oxygens (including phenoxy) is 2. The quantitative estimate of drug-likeness (QED) is 0.238. The Morgan fingerprint density at radius 2 is 2.00 bits per heavy atom. The highest BCUT2D eigenvalue weighted by Gasteiger charge is 2.20. The summed E-state index contributed by atoms with van der Waals surface area (Å²) in [6.07, 6.45) is -1.36. The zero-order chi connectivity index (χ0) is 22.9. The number of aromatic nitrogens is 2. The fourth-order valence-corrected chi connectivity index (χ4v) is 2.57. The molecule has 1 atom stereocenters. The van der Waals surface area contributed by atoms with Gasteiger partial charge in [-0.2, -0.15) is 5.01 Å². The number of hydrazine groups is 1. The lowest BCUT2D eigenvalue weighted by atomic mass is 10.1. The van der Waals surface area contributed by atoms with Crippen molar-refractivity contribution in [1.29, 1.82) is 0 Å². The van der Waals surface area contributed by atoms with Crippen LogP contribution in [0.15, 0.2) is 36.4 Å². The average molecular weight is 433 g/mol.